The van der Waals surface area contributed by atoms with E-state index in [1.165, 1.54) is 0 Å². The Balaban J connectivity index is 2.07. The molecule has 0 atom stereocenters. The van der Waals surface area contributed by atoms with Gasteiger partial charge in [0.25, 0.3) is 0 Å². The van der Waals surface area contributed by atoms with Crippen LogP contribution in [0.3, 0.4) is 0 Å². The molecule has 0 aliphatic rings. The number of hydrogen-bond donors (Lipinski definition) is 0. The van der Waals surface area contributed by atoms with Crippen molar-refractivity contribution >= 4 is 11.8 Å². The molecule has 0 N–H and O–H groups in total. The quantitative estimate of drug-likeness (QED) is 0.366. The summed E-state index contributed by atoms with van der Waals surface area (Å²) in [5, 5.41) is 0. The van der Waals surface area contributed by atoms with Gasteiger partial charge in [-0.25, -0.2) is 18.0 Å². The highest BCUT2D eigenvalue weighted by Crippen LogP contribution is 2.14. The molecule has 0 aliphatic carbocycles. The maximum Gasteiger partial charge on any atom is 0.385 e. The molecule has 0 spiro atoms. The van der Waals surface area contributed by atoms with Crippen LogP contribution in [-0.4, -0.2) is 11.8 Å². The fourth-order valence-electron chi connectivity index (χ4n) is 2.04. The summed E-state index contributed by atoms with van der Waals surface area (Å²) in [6.45, 7) is 1.55. The third kappa shape index (κ3) is 4.70. The maximum atomic E-state index is 13.1. The summed E-state index contributed by atoms with van der Waals surface area (Å²) in [4.78, 5) is 23.4. The molecule has 0 bridgehead atoms. The minimum Gasteiger partial charge on any atom is -0.451 e. The van der Waals surface area contributed by atoms with Crippen LogP contribution >= 0.6 is 0 Å². The molecular formula is C19H13F3O3. The number of carbonyl (C=O) groups excluding carboxylic acids is 2. The summed E-state index contributed by atoms with van der Waals surface area (Å²) >= 11 is 0. The zero-order valence-electron chi connectivity index (χ0n) is 13.2. The Bertz CT molecular complexity index is 856. The molecule has 6 heteroatoms. The van der Waals surface area contributed by atoms with Crippen molar-refractivity contribution in [2.75, 3.05) is 0 Å². The van der Waals surface area contributed by atoms with Crippen LogP contribution in [0, 0.1) is 29.3 Å². The van der Waals surface area contributed by atoms with E-state index in [9.17, 15) is 22.8 Å². The van der Waals surface area contributed by atoms with Crippen molar-refractivity contribution < 1.29 is 27.5 Å². The first-order chi connectivity index (χ1) is 11.9. The van der Waals surface area contributed by atoms with Crippen molar-refractivity contribution in [1.29, 1.82) is 0 Å². The lowest BCUT2D eigenvalue weighted by Gasteiger charge is -2.07. The molecule has 2 aromatic carbocycles. The smallest absolute Gasteiger partial charge is 0.385 e. The lowest BCUT2D eigenvalue weighted by atomic mass is 10.0. The van der Waals surface area contributed by atoms with Gasteiger partial charge in [-0.05, 0) is 12.1 Å². The molecule has 0 aromatic heterocycles. The summed E-state index contributed by atoms with van der Waals surface area (Å²) < 4.78 is 43.9. The van der Waals surface area contributed by atoms with Crippen LogP contribution in [-0.2, 0) is 16.1 Å². The molecule has 0 saturated heterocycles. The molecule has 3 nitrogen and oxygen atoms in total. The van der Waals surface area contributed by atoms with Gasteiger partial charge in [0.05, 0.1) is 0 Å². The van der Waals surface area contributed by atoms with Crippen LogP contribution in [0.25, 0.3) is 0 Å². The average molecular weight is 346 g/mol. The summed E-state index contributed by atoms with van der Waals surface area (Å²) in [5.41, 5.74) is 0.784. The summed E-state index contributed by atoms with van der Waals surface area (Å²) in [7, 11) is 0. The van der Waals surface area contributed by atoms with Crippen LogP contribution in [0.4, 0.5) is 13.2 Å². The Hall–Kier alpha value is -3.07. The molecule has 2 aromatic rings. The lowest BCUT2D eigenvalue weighted by molar-refractivity contribution is -0.137. The highest BCUT2D eigenvalue weighted by Gasteiger charge is 2.11. The predicted octanol–water partition coefficient (Wildman–Crippen LogP) is 3.79. The minimum atomic E-state index is -1.61. The first kappa shape index (κ1) is 18.3. The van der Waals surface area contributed by atoms with Gasteiger partial charge in [0.15, 0.2) is 23.2 Å². The lowest BCUT2D eigenvalue weighted by Crippen LogP contribution is -2.07. The van der Waals surface area contributed by atoms with Gasteiger partial charge in [0.2, 0.25) is 0 Å². The summed E-state index contributed by atoms with van der Waals surface area (Å²) in [6, 6.07) is 8.03. The summed E-state index contributed by atoms with van der Waals surface area (Å²) in [6.07, 6.45) is 0.312. The monoisotopic (exact) mass is 346 g/mol. The number of esters is 1. The maximum absolute atomic E-state index is 13.1. The Kier molecular flexibility index (Phi) is 5.96. The number of carbonyl (C=O) groups is 2. The predicted molar refractivity (Wildman–Crippen MR) is 84.1 cm³/mol. The standard InChI is InChI=1S/C19H13F3O3/c1-2-17(23)14-6-4-3-5-13(14)11-25-18(24)8-7-12-9-15(20)19(22)16(21)10-12/h3-6,9-10H,2,11H2,1H3. The third-order valence-corrected chi connectivity index (χ3v) is 3.29. The second kappa shape index (κ2) is 8.15. The van der Waals surface area contributed by atoms with E-state index in [-0.39, 0.29) is 18.0 Å². The highest BCUT2D eigenvalue weighted by molar-refractivity contribution is 5.97. The van der Waals surface area contributed by atoms with E-state index in [2.05, 4.69) is 11.8 Å². The van der Waals surface area contributed by atoms with Gasteiger partial charge < -0.3 is 4.74 Å². The van der Waals surface area contributed by atoms with E-state index >= 15 is 0 Å². The van der Waals surface area contributed by atoms with Gasteiger partial charge >= 0.3 is 5.97 Å². The number of rotatable bonds is 4. The first-order valence-electron chi connectivity index (χ1n) is 7.36. The first-order valence-corrected chi connectivity index (χ1v) is 7.36. The molecule has 0 saturated carbocycles. The van der Waals surface area contributed by atoms with Crippen LogP contribution in [0.1, 0.15) is 34.8 Å². The van der Waals surface area contributed by atoms with E-state index in [0.29, 0.717) is 29.7 Å². The average Bonchev–Trinajstić information content (AvgIpc) is 2.62. The largest absolute Gasteiger partial charge is 0.451 e. The van der Waals surface area contributed by atoms with E-state index in [1.54, 1.807) is 31.2 Å². The third-order valence-electron chi connectivity index (χ3n) is 3.29. The number of Topliss-reactive ketones (excluding diaryl/α,β-unsaturated/α-hetero) is 1. The Morgan fingerprint density at radius 2 is 1.72 bits per heavy atom. The highest BCUT2D eigenvalue weighted by atomic mass is 19.2. The number of hydrogen-bond acceptors (Lipinski definition) is 3. The topological polar surface area (TPSA) is 43.4 Å². The molecule has 0 radical (unpaired) electrons. The van der Waals surface area contributed by atoms with Crippen molar-refractivity contribution in [3.63, 3.8) is 0 Å². The molecule has 0 amide bonds. The molecule has 0 unspecified atom stereocenters. The van der Waals surface area contributed by atoms with Crippen molar-refractivity contribution in [2.45, 2.75) is 20.0 Å². The van der Waals surface area contributed by atoms with Crippen LogP contribution in [0.5, 0.6) is 0 Å². The van der Waals surface area contributed by atoms with Gasteiger partial charge in [0.1, 0.15) is 6.61 Å². The van der Waals surface area contributed by atoms with Crippen LogP contribution in [0.15, 0.2) is 36.4 Å². The molecule has 0 heterocycles. The van der Waals surface area contributed by atoms with Crippen molar-refractivity contribution in [1.82, 2.24) is 0 Å². The number of ketones is 1. The Labute approximate surface area is 142 Å². The fourth-order valence-corrected chi connectivity index (χ4v) is 2.04. The number of ether oxygens (including phenoxy) is 1. The van der Waals surface area contributed by atoms with Crippen molar-refractivity contribution in [3.8, 4) is 11.8 Å². The molecule has 0 fully saturated rings. The molecular weight excluding hydrogens is 333 g/mol. The molecule has 128 valence electrons. The van der Waals surface area contributed by atoms with Crippen molar-refractivity contribution in [3.05, 3.63) is 70.5 Å². The van der Waals surface area contributed by atoms with Gasteiger partial charge in [-0.3, -0.25) is 4.79 Å². The van der Waals surface area contributed by atoms with Crippen LogP contribution < -0.4 is 0 Å². The van der Waals surface area contributed by atoms with E-state index in [4.69, 9.17) is 4.74 Å². The SMILES string of the molecule is CCC(=O)c1ccccc1COC(=O)C#Cc1cc(F)c(F)c(F)c1. The zero-order valence-corrected chi connectivity index (χ0v) is 13.2. The molecule has 0 aliphatic heterocycles. The Morgan fingerprint density at radius 3 is 2.36 bits per heavy atom. The second-order valence-electron chi connectivity index (χ2n) is 5.01. The van der Waals surface area contributed by atoms with Gasteiger partial charge in [-0.2, -0.15) is 0 Å². The van der Waals surface area contributed by atoms with Gasteiger partial charge in [0, 0.05) is 29.0 Å². The normalized spacial score (nSPS) is 9.92. The number of halogens is 3. The van der Waals surface area contributed by atoms with Crippen molar-refractivity contribution in [2.24, 2.45) is 0 Å². The van der Waals surface area contributed by atoms with E-state index < -0.39 is 23.4 Å². The van der Waals surface area contributed by atoms with Gasteiger partial charge in [-0.1, -0.05) is 37.1 Å². The van der Waals surface area contributed by atoms with E-state index in [1.807, 2.05) is 0 Å². The molecule has 25 heavy (non-hydrogen) atoms. The second-order valence-corrected chi connectivity index (χ2v) is 5.01. The van der Waals surface area contributed by atoms with Crippen LogP contribution in [0.2, 0.25) is 0 Å². The van der Waals surface area contributed by atoms with Gasteiger partial charge in [-0.15, -0.1) is 0 Å². The summed E-state index contributed by atoms with van der Waals surface area (Å²) in [5.74, 6) is -1.18. The Morgan fingerprint density at radius 1 is 1.08 bits per heavy atom. The zero-order chi connectivity index (χ0) is 18.4. The number of benzene rings is 2. The minimum absolute atomic E-state index is 0.0880. The molecule has 2 rings (SSSR count). The van der Waals surface area contributed by atoms with E-state index in [0.717, 1.165) is 0 Å². The fraction of sp³-hybridized carbons (Fsp3) is 0.158.